The first-order chi connectivity index (χ1) is 15.9. The number of imidazole rings is 1. The standard InChI is InChI=1S/C24H33ClN4O5/c1-6-7-8-19-28-21(25)18(14-30)29(19)13-16-9-11-17(12-10-16)27-22(32)20(26-15(2)31)23(33)34-24(3,4)5/h9-12,20,30H,6-8,13-14H2,1-5H3,(H,26,31)(H,27,32). The topological polar surface area (TPSA) is 123 Å². The molecule has 0 saturated heterocycles. The molecule has 2 aromatic rings. The molecule has 186 valence electrons. The Morgan fingerprint density at radius 1 is 1.21 bits per heavy atom. The molecule has 9 nitrogen and oxygen atoms in total. The highest BCUT2D eigenvalue weighted by molar-refractivity contribution is 6.30. The van der Waals surface area contributed by atoms with Crippen LogP contribution < -0.4 is 10.6 Å². The van der Waals surface area contributed by atoms with Crippen LogP contribution in [-0.4, -0.2) is 44.1 Å². The molecule has 0 aliphatic heterocycles. The molecule has 1 unspecified atom stereocenters. The van der Waals surface area contributed by atoms with Crippen molar-refractivity contribution in [1.29, 1.82) is 0 Å². The molecule has 1 aromatic carbocycles. The molecule has 0 spiro atoms. The van der Waals surface area contributed by atoms with E-state index in [-0.39, 0.29) is 6.61 Å². The molecule has 2 rings (SSSR count). The number of nitrogens with zero attached hydrogens (tertiary/aromatic N) is 2. The second-order valence-corrected chi connectivity index (χ2v) is 9.32. The lowest BCUT2D eigenvalue weighted by atomic mass is 10.1. The van der Waals surface area contributed by atoms with Crippen LogP contribution in [-0.2, 0) is 38.7 Å². The Kier molecular flexibility index (Phi) is 9.64. The predicted octanol–water partition coefficient (Wildman–Crippen LogP) is 3.20. The van der Waals surface area contributed by atoms with E-state index in [2.05, 4.69) is 22.5 Å². The molecular formula is C24H33ClN4O5. The van der Waals surface area contributed by atoms with Crippen molar-refractivity contribution in [3.05, 3.63) is 46.5 Å². The average molecular weight is 493 g/mol. The molecular weight excluding hydrogens is 460 g/mol. The Bertz CT molecular complexity index is 1010. The molecule has 1 heterocycles. The maximum atomic E-state index is 12.7. The third-order valence-electron chi connectivity index (χ3n) is 4.82. The molecule has 34 heavy (non-hydrogen) atoms. The zero-order valence-electron chi connectivity index (χ0n) is 20.3. The summed E-state index contributed by atoms with van der Waals surface area (Å²) >= 11 is 6.20. The van der Waals surface area contributed by atoms with Crippen LogP contribution in [0, 0.1) is 0 Å². The zero-order chi connectivity index (χ0) is 25.5. The molecule has 10 heteroatoms. The molecule has 1 aromatic heterocycles. The van der Waals surface area contributed by atoms with Gasteiger partial charge in [-0.2, -0.15) is 0 Å². The first kappa shape index (κ1) is 27.3. The van der Waals surface area contributed by atoms with Crippen molar-refractivity contribution in [2.75, 3.05) is 5.32 Å². The number of benzene rings is 1. The number of hydrogen-bond acceptors (Lipinski definition) is 6. The number of rotatable bonds is 10. The van der Waals surface area contributed by atoms with Crippen molar-refractivity contribution in [3.63, 3.8) is 0 Å². The van der Waals surface area contributed by atoms with Crippen LogP contribution in [0.15, 0.2) is 24.3 Å². The second kappa shape index (κ2) is 12.0. The largest absolute Gasteiger partial charge is 0.458 e. The smallest absolute Gasteiger partial charge is 0.339 e. The van der Waals surface area contributed by atoms with Crippen LogP contribution >= 0.6 is 11.6 Å². The maximum Gasteiger partial charge on any atom is 0.339 e. The van der Waals surface area contributed by atoms with Crippen LogP contribution in [0.1, 0.15) is 64.5 Å². The van der Waals surface area contributed by atoms with Crippen LogP contribution in [0.3, 0.4) is 0 Å². The van der Waals surface area contributed by atoms with E-state index in [1.54, 1.807) is 32.9 Å². The number of aliphatic hydroxyl groups excluding tert-OH is 1. The molecule has 0 bridgehead atoms. The first-order valence-corrected chi connectivity index (χ1v) is 11.6. The number of nitrogens with one attached hydrogen (secondary N) is 2. The van der Waals surface area contributed by atoms with Gasteiger partial charge < -0.3 is 25.0 Å². The number of carbonyl (C=O) groups is 3. The summed E-state index contributed by atoms with van der Waals surface area (Å²) in [5.74, 6) is -1.27. The number of anilines is 1. The minimum absolute atomic E-state index is 0.221. The van der Waals surface area contributed by atoms with Gasteiger partial charge in [-0.15, -0.1) is 0 Å². The predicted molar refractivity (Wildman–Crippen MR) is 129 cm³/mol. The molecule has 2 amide bonds. The van der Waals surface area contributed by atoms with E-state index in [1.807, 2.05) is 16.7 Å². The summed E-state index contributed by atoms with van der Waals surface area (Å²) < 4.78 is 7.16. The van der Waals surface area contributed by atoms with Crippen LogP contribution in [0.4, 0.5) is 5.69 Å². The number of aryl methyl sites for hydroxylation is 1. The van der Waals surface area contributed by atoms with Crippen molar-refractivity contribution in [2.24, 2.45) is 0 Å². The lowest BCUT2D eigenvalue weighted by Gasteiger charge is -2.23. The third-order valence-corrected chi connectivity index (χ3v) is 5.12. The zero-order valence-corrected chi connectivity index (χ0v) is 21.0. The normalized spacial score (nSPS) is 12.2. The van der Waals surface area contributed by atoms with Gasteiger partial charge >= 0.3 is 5.97 Å². The van der Waals surface area contributed by atoms with Gasteiger partial charge in [0.2, 0.25) is 11.9 Å². The minimum atomic E-state index is -1.47. The van der Waals surface area contributed by atoms with Gasteiger partial charge in [0, 0.05) is 25.6 Å². The Hall–Kier alpha value is -2.91. The highest BCUT2D eigenvalue weighted by Crippen LogP contribution is 2.21. The maximum absolute atomic E-state index is 12.7. The summed E-state index contributed by atoms with van der Waals surface area (Å²) in [7, 11) is 0. The highest BCUT2D eigenvalue weighted by Gasteiger charge is 2.32. The van der Waals surface area contributed by atoms with Crippen LogP contribution in [0.2, 0.25) is 5.15 Å². The molecule has 0 fully saturated rings. The molecule has 0 radical (unpaired) electrons. The minimum Gasteiger partial charge on any atom is -0.458 e. The van der Waals surface area contributed by atoms with E-state index in [0.717, 1.165) is 30.7 Å². The van der Waals surface area contributed by atoms with Gasteiger partial charge in [0.25, 0.3) is 5.91 Å². The SMILES string of the molecule is CCCCc1nc(Cl)c(CO)n1Cc1ccc(NC(=O)C(NC(C)=O)C(=O)OC(C)(C)C)cc1. The Labute approximate surface area is 204 Å². The Balaban J connectivity index is 2.15. The summed E-state index contributed by atoms with van der Waals surface area (Å²) in [6, 6.07) is 5.54. The quantitative estimate of drug-likeness (QED) is 0.346. The third kappa shape index (κ3) is 7.85. The summed E-state index contributed by atoms with van der Waals surface area (Å²) in [6.45, 7) is 8.57. The number of aliphatic hydroxyl groups is 1. The van der Waals surface area contributed by atoms with Crippen molar-refractivity contribution in [1.82, 2.24) is 14.9 Å². The first-order valence-electron chi connectivity index (χ1n) is 11.2. The molecule has 0 saturated carbocycles. The van der Waals surface area contributed by atoms with Gasteiger partial charge in [0.15, 0.2) is 5.15 Å². The number of aromatic nitrogens is 2. The molecule has 3 N–H and O–H groups in total. The summed E-state index contributed by atoms with van der Waals surface area (Å²) in [4.78, 5) is 41.0. The Morgan fingerprint density at radius 2 is 1.85 bits per heavy atom. The van der Waals surface area contributed by atoms with E-state index in [9.17, 15) is 19.5 Å². The fourth-order valence-corrected chi connectivity index (χ4v) is 3.51. The van der Waals surface area contributed by atoms with Gasteiger partial charge in [-0.25, -0.2) is 9.78 Å². The lowest BCUT2D eigenvalue weighted by molar-refractivity contribution is -0.160. The Morgan fingerprint density at radius 3 is 2.38 bits per heavy atom. The molecule has 0 aliphatic rings. The van der Waals surface area contributed by atoms with Crippen molar-refractivity contribution >= 4 is 35.1 Å². The highest BCUT2D eigenvalue weighted by atomic mass is 35.5. The number of unbranched alkanes of at least 4 members (excludes halogenated alkanes) is 1. The number of halogens is 1. The van der Waals surface area contributed by atoms with Gasteiger partial charge in [0.05, 0.1) is 12.3 Å². The van der Waals surface area contributed by atoms with E-state index in [4.69, 9.17) is 16.3 Å². The lowest BCUT2D eigenvalue weighted by Crippen LogP contribution is -2.50. The van der Waals surface area contributed by atoms with Gasteiger partial charge in [-0.1, -0.05) is 37.1 Å². The fourth-order valence-electron chi connectivity index (χ4n) is 3.25. The van der Waals surface area contributed by atoms with E-state index >= 15 is 0 Å². The second-order valence-electron chi connectivity index (χ2n) is 8.97. The summed E-state index contributed by atoms with van der Waals surface area (Å²) in [6.07, 6.45) is 2.71. The van der Waals surface area contributed by atoms with E-state index in [1.165, 1.54) is 6.92 Å². The number of esters is 1. The number of amides is 2. The summed E-state index contributed by atoms with van der Waals surface area (Å²) in [5.41, 5.74) is 1.10. The van der Waals surface area contributed by atoms with Crippen LogP contribution in [0.25, 0.3) is 0 Å². The number of hydrogen-bond donors (Lipinski definition) is 3. The summed E-state index contributed by atoms with van der Waals surface area (Å²) in [5, 5.41) is 15.0. The van der Waals surface area contributed by atoms with Crippen molar-refractivity contribution in [3.8, 4) is 0 Å². The number of carbonyl (C=O) groups excluding carboxylic acids is 3. The van der Waals surface area contributed by atoms with Crippen LogP contribution in [0.5, 0.6) is 0 Å². The van der Waals surface area contributed by atoms with Crippen molar-refractivity contribution < 1.29 is 24.2 Å². The van der Waals surface area contributed by atoms with E-state index in [0.29, 0.717) is 23.1 Å². The van der Waals surface area contributed by atoms with Crippen molar-refractivity contribution in [2.45, 2.75) is 78.7 Å². The monoisotopic (exact) mass is 492 g/mol. The van der Waals surface area contributed by atoms with Gasteiger partial charge in [0.1, 0.15) is 11.4 Å². The number of ether oxygens (including phenoxy) is 1. The van der Waals surface area contributed by atoms with Gasteiger partial charge in [-0.3, -0.25) is 9.59 Å². The molecule has 1 atom stereocenters. The fraction of sp³-hybridized carbons (Fsp3) is 0.500. The van der Waals surface area contributed by atoms with E-state index < -0.39 is 29.4 Å². The van der Waals surface area contributed by atoms with Gasteiger partial charge in [-0.05, 0) is 44.9 Å². The average Bonchev–Trinajstić information content (AvgIpc) is 3.04. The molecule has 0 aliphatic carbocycles.